The van der Waals surface area contributed by atoms with E-state index in [1.807, 2.05) is 56.3 Å². The molecular weight excluding hydrogens is 552 g/mol. The third-order valence-electron chi connectivity index (χ3n) is 9.74. The topological polar surface area (TPSA) is 84.0 Å². The largest absolute Gasteiger partial charge is 0.426 e. The van der Waals surface area contributed by atoms with Crippen molar-refractivity contribution in [2.75, 3.05) is 16.3 Å². The van der Waals surface area contributed by atoms with Gasteiger partial charge in [0.1, 0.15) is 5.75 Å². The maximum Gasteiger partial charge on any atom is 0.316 e. The second-order valence-electron chi connectivity index (χ2n) is 12.4. The zero-order valence-electron chi connectivity index (χ0n) is 24.4. The first-order valence-corrected chi connectivity index (χ1v) is 15.1. The van der Waals surface area contributed by atoms with Crippen molar-refractivity contribution in [3.05, 3.63) is 124 Å². The van der Waals surface area contributed by atoms with Crippen molar-refractivity contribution in [3.8, 4) is 5.75 Å². The summed E-state index contributed by atoms with van der Waals surface area (Å²) < 4.78 is 5.67. The standard InChI is InChI=1S/C37H30N2O5/c1-20-15-21(2)17-24(16-20)38-19-22(18-30(38)40)37(43)44-25-13-11-23(12-14-25)39-35(41)33-31-26-7-3-4-8-27(26)32(34(33)36(39)42)29-10-6-5-9-28(29)31/h3-17,22,31-34H,18-19H2,1-2H3/t22-,31?,32?,33-,34-/m1/s1. The van der Waals surface area contributed by atoms with Crippen LogP contribution in [0.4, 0.5) is 11.4 Å². The predicted octanol–water partition coefficient (Wildman–Crippen LogP) is 5.66. The first-order chi connectivity index (χ1) is 21.3. The summed E-state index contributed by atoms with van der Waals surface area (Å²) in [5.41, 5.74) is 7.86. The minimum atomic E-state index is -0.591. The van der Waals surface area contributed by atoms with E-state index in [0.29, 0.717) is 11.4 Å². The maximum absolute atomic E-state index is 14.0. The van der Waals surface area contributed by atoms with Crippen molar-refractivity contribution in [1.29, 1.82) is 0 Å². The average Bonchev–Trinajstić information content (AvgIpc) is 3.54. The SMILES string of the molecule is Cc1cc(C)cc(N2C[C@H](C(=O)Oc3ccc(N4C(=O)[C@@H]5C6c7ccccc7C(c7ccccc76)[C@H]5C4=O)cc3)CC2=O)c1. The summed E-state index contributed by atoms with van der Waals surface area (Å²) in [5, 5.41) is 0. The summed E-state index contributed by atoms with van der Waals surface area (Å²) >= 11 is 0. The second kappa shape index (κ2) is 9.74. The van der Waals surface area contributed by atoms with Gasteiger partial charge in [-0.1, -0.05) is 54.6 Å². The summed E-state index contributed by atoms with van der Waals surface area (Å²) in [5.74, 6) is -2.54. The fourth-order valence-electron chi connectivity index (χ4n) is 8.02. The molecule has 4 aromatic rings. The van der Waals surface area contributed by atoms with Gasteiger partial charge >= 0.3 is 5.97 Å². The minimum Gasteiger partial charge on any atom is -0.426 e. The van der Waals surface area contributed by atoms with Crippen LogP contribution in [0, 0.1) is 31.6 Å². The Bertz CT molecular complexity index is 1760. The quantitative estimate of drug-likeness (QED) is 0.176. The molecule has 0 radical (unpaired) electrons. The van der Waals surface area contributed by atoms with Crippen molar-refractivity contribution in [2.45, 2.75) is 32.1 Å². The second-order valence-corrected chi connectivity index (χ2v) is 12.4. The fourth-order valence-corrected chi connectivity index (χ4v) is 8.02. The number of hydrogen-bond donors (Lipinski definition) is 0. The molecule has 0 saturated carbocycles. The molecule has 218 valence electrons. The molecule has 0 aromatic heterocycles. The third kappa shape index (κ3) is 3.88. The number of benzene rings is 4. The van der Waals surface area contributed by atoms with Gasteiger partial charge in [-0.15, -0.1) is 0 Å². The van der Waals surface area contributed by atoms with Crippen molar-refractivity contribution in [1.82, 2.24) is 0 Å². The molecule has 5 aliphatic rings. The molecule has 2 saturated heterocycles. The molecule has 44 heavy (non-hydrogen) atoms. The average molecular weight is 583 g/mol. The zero-order valence-corrected chi connectivity index (χ0v) is 24.4. The number of hydrogen-bond acceptors (Lipinski definition) is 5. The Morgan fingerprint density at radius 2 is 1.18 bits per heavy atom. The smallest absolute Gasteiger partial charge is 0.316 e. The predicted molar refractivity (Wildman–Crippen MR) is 164 cm³/mol. The van der Waals surface area contributed by atoms with Crippen LogP contribution in [0.2, 0.25) is 0 Å². The number of imide groups is 1. The van der Waals surface area contributed by atoms with Crippen LogP contribution in [0.25, 0.3) is 0 Å². The summed E-state index contributed by atoms with van der Waals surface area (Å²) in [6, 6.07) is 28.8. The van der Waals surface area contributed by atoms with Gasteiger partial charge in [0.15, 0.2) is 0 Å². The molecule has 9 rings (SSSR count). The lowest BCUT2D eigenvalue weighted by molar-refractivity contribution is -0.139. The normalized spacial score (nSPS) is 24.8. The molecule has 3 amide bonds. The Balaban J connectivity index is 1.02. The minimum absolute atomic E-state index is 0.0799. The van der Waals surface area contributed by atoms with Gasteiger partial charge in [0.05, 0.1) is 23.4 Å². The van der Waals surface area contributed by atoms with Crippen LogP contribution in [0.1, 0.15) is 51.6 Å². The molecule has 4 aromatic carbocycles. The molecule has 2 aliphatic heterocycles. The van der Waals surface area contributed by atoms with Gasteiger partial charge in [-0.2, -0.15) is 0 Å². The molecule has 3 atom stereocenters. The van der Waals surface area contributed by atoms with Crippen LogP contribution in [-0.2, 0) is 19.2 Å². The number of esters is 1. The number of ether oxygens (including phenoxy) is 1. The Morgan fingerprint density at radius 1 is 0.682 bits per heavy atom. The van der Waals surface area contributed by atoms with Crippen LogP contribution in [-0.4, -0.2) is 30.2 Å². The highest BCUT2D eigenvalue weighted by atomic mass is 16.5. The maximum atomic E-state index is 14.0. The summed E-state index contributed by atoms with van der Waals surface area (Å²) in [6.45, 7) is 4.21. The first kappa shape index (κ1) is 26.6. The van der Waals surface area contributed by atoms with E-state index < -0.39 is 23.7 Å². The van der Waals surface area contributed by atoms with Crippen LogP contribution in [0.3, 0.4) is 0 Å². The number of carbonyl (C=O) groups excluding carboxylic acids is 4. The van der Waals surface area contributed by atoms with Gasteiger partial charge in [-0.3, -0.25) is 19.2 Å². The van der Waals surface area contributed by atoms with E-state index in [0.717, 1.165) is 39.1 Å². The van der Waals surface area contributed by atoms with Gasteiger partial charge in [-0.05, 0) is 83.6 Å². The number of aryl methyl sites for hydroxylation is 2. The number of nitrogens with zero attached hydrogens (tertiary/aromatic N) is 2. The number of amides is 3. The number of rotatable bonds is 4. The third-order valence-corrected chi connectivity index (χ3v) is 9.74. The van der Waals surface area contributed by atoms with Crippen molar-refractivity contribution >= 4 is 35.1 Å². The van der Waals surface area contributed by atoms with Crippen molar-refractivity contribution in [3.63, 3.8) is 0 Å². The Hall–Kier alpha value is -5.04. The van der Waals surface area contributed by atoms with Crippen molar-refractivity contribution < 1.29 is 23.9 Å². The van der Waals surface area contributed by atoms with E-state index >= 15 is 0 Å². The zero-order chi connectivity index (χ0) is 30.3. The summed E-state index contributed by atoms with van der Waals surface area (Å²) in [7, 11) is 0. The van der Waals surface area contributed by atoms with E-state index in [-0.39, 0.29) is 42.5 Å². The lowest BCUT2D eigenvalue weighted by Crippen LogP contribution is -2.41. The van der Waals surface area contributed by atoms with E-state index in [4.69, 9.17) is 4.74 Å². The van der Waals surface area contributed by atoms with Gasteiger partial charge in [0, 0.05) is 30.5 Å². The highest BCUT2D eigenvalue weighted by Gasteiger charge is 2.61. The molecular formula is C37H30N2O5. The number of anilines is 2. The van der Waals surface area contributed by atoms with Gasteiger partial charge in [0.25, 0.3) is 0 Å². The van der Waals surface area contributed by atoms with E-state index in [9.17, 15) is 19.2 Å². The molecule has 0 N–H and O–H groups in total. The lowest BCUT2D eigenvalue weighted by Gasteiger charge is -2.45. The molecule has 0 unspecified atom stereocenters. The first-order valence-electron chi connectivity index (χ1n) is 15.1. The van der Waals surface area contributed by atoms with Crippen LogP contribution in [0.15, 0.2) is 91.0 Å². The molecule has 7 nitrogen and oxygen atoms in total. The Labute approximate surface area is 255 Å². The molecule has 2 bridgehead atoms. The van der Waals surface area contributed by atoms with Crippen LogP contribution >= 0.6 is 0 Å². The highest BCUT2D eigenvalue weighted by Crippen LogP contribution is 2.61. The molecule has 7 heteroatoms. The Morgan fingerprint density at radius 3 is 1.68 bits per heavy atom. The monoisotopic (exact) mass is 582 g/mol. The lowest BCUT2D eigenvalue weighted by atomic mass is 9.55. The molecule has 2 fully saturated rings. The van der Waals surface area contributed by atoms with Gasteiger partial charge in [0.2, 0.25) is 17.7 Å². The van der Waals surface area contributed by atoms with Crippen LogP contribution in [0.5, 0.6) is 5.75 Å². The van der Waals surface area contributed by atoms with E-state index in [1.54, 1.807) is 29.2 Å². The molecule has 2 heterocycles. The summed E-state index contributed by atoms with van der Waals surface area (Å²) in [4.78, 5) is 56.8. The van der Waals surface area contributed by atoms with E-state index in [1.165, 1.54) is 4.90 Å². The fraction of sp³-hybridized carbons (Fsp3) is 0.243. The molecule has 3 aliphatic carbocycles. The van der Waals surface area contributed by atoms with Crippen LogP contribution < -0.4 is 14.5 Å². The van der Waals surface area contributed by atoms with Crippen molar-refractivity contribution in [2.24, 2.45) is 17.8 Å². The Kier molecular flexibility index (Phi) is 5.88. The molecule has 0 spiro atoms. The van der Waals surface area contributed by atoms with Gasteiger partial charge < -0.3 is 9.64 Å². The number of carbonyl (C=O) groups is 4. The van der Waals surface area contributed by atoms with Gasteiger partial charge in [-0.25, -0.2) is 4.90 Å². The summed E-state index contributed by atoms with van der Waals surface area (Å²) in [6.07, 6.45) is 0.0799. The highest BCUT2D eigenvalue weighted by molar-refractivity contribution is 6.23. The van der Waals surface area contributed by atoms with E-state index in [2.05, 4.69) is 24.3 Å².